The van der Waals surface area contributed by atoms with Gasteiger partial charge < -0.3 is 10.1 Å². The smallest absolute Gasteiger partial charge is 0.261 e. The minimum atomic E-state index is -0.0916. The molecule has 0 unspecified atom stereocenters. The zero-order valence-corrected chi connectivity index (χ0v) is 13.8. The molecule has 6 heteroatoms. The molecule has 2 aromatic rings. The third-order valence-electron chi connectivity index (χ3n) is 2.60. The standard InChI is InChI=1S/C13H14BrNO2S2/c1-8-3-4-11(19-8)10(17-2)6-15-13(16)12-5-9(14)7-18-12/h3-5,7,10H,6H2,1-2H3,(H,15,16)/t10-/m1/s1. The first-order chi connectivity index (χ1) is 9.10. The summed E-state index contributed by atoms with van der Waals surface area (Å²) in [6, 6.07) is 5.92. The van der Waals surface area contributed by atoms with Gasteiger partial charge in [-0.15, -0.1) is 22.7 Å². The number of carbonyl (C=O) groups is 1. The molecule has 1 atom stereocenters. The Labute approximate surface area is 128 Å². The van der Waals surface area contributed by atoms with E-state index in [1.807, 2.05) is 17.5 Å². The van der Waals surface area contributed by atoms with Gasteiger partial charge >= 0.3 is 0 Å². The van der Waals surface area contributed by atoms with E-state index in [2.05, 4.69) is 34.2 Å². The highest BCUT2D eigenvalue weighted by Crippen LogP contribution is 2.25. The molecule has 2 rings (SSSR count). The number of nitrogens with one attached hydrogen (secondary N) is 1. The Hall–Kier alpha value is -0.690. The van der Waals surface area contributed by atoms with E-state index in [0.29, 0.717) is 11.4 Å². The first-order valence-electron chi connectivity index (χ1n) is 5.71. The second kappa shape index (κ2) is 6.65. The fraction of sp³-hybridized carbons (Fsp3) is 0.308. The fourth-order valence-electron chi connectivity index (χ4n) is 1.63. The van der Waals surface area contributed by atoms with Crippen LogP contribution in [0.15, 0.2) is 28.1 Å². The molecule has 0 aliphatic rings. The molecule has 0 aliphatic carbocycles. The highest BCUT2D eigenvalue weighted by atomic mass is 79.9. The minimum Gasteiger partial charge on any atom is -0.374 e. The van der Waals surface area contributed by atoms with Crippen LogP contribution in [-0.2, 0) is 4.74 Å². The summed E-state index contributed by atoms with van der Waals surface area (Å²) in [4.78, 5) is 15.0. The summed E-state index contributed by atoms with van der Waals surface area (Å²) >= 11 is 6.45. The molecule has 0 spiro atoms. The zero-order valence-electron chi connectivity index (χ0n) is 10.6. The number of hydrogen-bond donors (Lipinski definition) is 1. The normalized spacial score (nSPS) is 12.4. The third-order valence-corrected chi connectivity index (χ3v) is 5.38. The molecule has 1 N–H and O–H groups in total. The Bertz CT molecular complexity index is 564. The SMILES string of the molecule is CO[C@H](CNC(=O)c1cc(Br)cs1)c1ccc(C)s1. The van der Waals surface area contributed by atoms with Crippen molar-refractivity contribution in [3.8, 4) is 0 Å². The number of ether oxygens (including phenoxy) is 1. The molecule has 3 nitrogen and oxygen atoms in total. The Morgan fingerprint density at radius 1 is 1.53 bits per heavy atom. The maximum Gasteiger partial charge on any atom is 0.261 e. The summed E-state index contributed by atoms with van der Waals surface area (Å²) in [6.07, 6.45) is -0.0916. The zero-order chi connectivity index (χ0) is 13.8. The van der Waals surface area contributed by atoms with Crippen LogP contribution in [0.2, 0.25) is 0 Å². The van der Waals surface area contributed by atoms with Gasteiger partial charge in [-0.25, -0.2) is 0 Å². The van der Waals surface area contributed by atoms with Crippen LogP contribution in [0.4, 0.5) is 0 Å². The summed E-state index contributed by atoms with van der Waals surface area (Å²) in [6.45, 7) is 2.54. The third kappa shape index (κ3) is 3.89. The van der Waals surface area contributed by atoms with Gasteiger partial charge in [0.15, 0.2) is 0 Å². The van der Waals surface area contributed by atoms with Crippen LogP contribution in [0.3, 0.4) is 0 Å². The molecule has 0 aliphatic heterocycles. The van der Waals surface area contributed by atoms with Gasteiger partial charge in [0.2, 0.25) is 0 Å². The van der Waals surface area contributed by atoms with Crippen LogP contribution >= 0.6 is 38.6 Å². The van der Waals surface area contributed by atoms with Crippen molar-refractivity contribution in [1.29, 1.82) is 0 Å². The number of rotatable bonds is 5. The van der Waals surface area contributed by atoms with Gasteiger partial charge in [-0.05, 0) is 41.1 Å². The van der Waals surface area contributed by atoms with Crippen LogP contribution in [0, 0.1) is 6.92 Å². The first kappa shape index (κ1) is 14.7. The number of amides is 1. The molecule has 0 saturated heterocycles. The molecule has 2 aromatic heterocycles. The molecule has 0 aromatic carbocycles. The Balaban J connectivity index is 1.95. The predicted octanol–water partition coefficient (Wildman–Crippen LogP) is 4.00. The highest BCUT2D eigenvalue weighted by molar-refractivity contribution is 9.10. The maximum absolute atomic E-state index is 11.9. The molecule has 0 fully saturated rings. The van der Waals surface area contributed by atoms with Gasteiger partial charge in [0.1, 0.15) is 6.10 Å². The maximum atomic E-state index is 11.9. The number of hydrogen-bond acceptors (Lipinski definition) is 4. The average molecular weight is 360 g/mol. The number of thiophene rings is 2. The van der Waals surface area contributed by atoms with E-state index < -0.39 is 0 Å². The van der Waals surface area contributed by atoms with Gasteiger partial charge in [-0.1, -0.05) is 0 Å². The van der Waals surface area contributed by atoms with Gasteiger partial charge in [-0.3, -0.25) is 4.79 Å². The lowest BCUT2D eigenvalue weighted by molar-refractivity contribution is 0.0841. The van der Waals surface area contributed by atoms with Crippen molar-refractivity contribution >= 4 is 44.5 Å². The van der Waals surface area contributed by atoms with Crippen molar-refractivity contribution in [1.82, 2.24) is 5.32 Å². The summed E-state index contributed by atoms with van der Waals surface area (Å²) < 4.78 is 6.36. The lowest BCUT2D eigenvalue weighted by atomic mass is 10.3. The average Bonchev–Trinajstić information content (AvgIpc) is 2.99. The van der Waals surface area contributed by atoms with E-state index in [1.54, 1.807) is 18.4 Å². The van der Waals surface area contributed by atoms with Crippen molar-refractivity contribution < 1.29 is 9.53 Å². The molecule has 2 heterocycles. The molecule has 102 valence electrons. The lowest BCUT2D eigenvalue weighted by Crippen LogP contribution is -2.28. The second-order valence-corrected chi connectivity index (χ2v) is 7.16. The van der Waals surface area contributed by atoms with Crippen molar-refractivity contribution in [3.05, 3.63) is 42.7 Å². The summed E-state index contributed by atoms with van der Waals surface area (Å²) in [7, 11) is 1.66. The van der Waals surface area contributed by atoms with Crippen LogP contribution in [0.25, 0.3) is 0 Å². The number of methoxy groups -OCH3 is 1. The van der Waals surface area contributed by atoms with Gasteiger partial charge in [0.05, 0.1) is 4.88 Å². The van der Waals surface area contributed by atoms with Crippen molar-refractivity contribution in [2.45, 2.75) is 13.0 Å². The molecule has 1 amide bonds. The minimum absolute atomic E-state index is 0.0639. The number of aryl methyl sites for hydroxylation is 1. The van der Waals surface area contributed by atoms with E-state index in [1.165, 1.54) is 16.2 Å². The topological polar surface area (TPSA) is 38.3 Å². The lowest BCUT2D eigenvalue weighted by Gasteiger charge is -2.14. The summed E-state index contributed by atoms with van der Waals surface area (Å²) in [5.74, 6) is -0.0639. The molecular formula is C13H14BrNO2S2. The first-order valence-corrected chi connectivity index (χ1v) is 8.20. The van der Waals surface area contributed by atoms with Crippen molar-refractivity contribution in [2.75, 3.05) is 13.7 Å². The summed E-state index contributed by atoms with van der Waals surface area (Å²) in [5, 5.41) is 4.80. The largest absolute Gasteiger partial charge is 0.374 e. The number of halogens is 1. The fourth-order valence-corrected chi connectivity index (χ4v) is 3.93. The van der Waals surface area contributed by atoms with E-state index in [-0.39, 0.29) is 12.0 Å². The van der Waals surface area contributed by atoms with E-state index >= 15 is 0 Å². The molecule has 0 saturated carbocycles. The van der Waals surface area contributed by atoms with Crippen LogP contribution in [-0.4, -0.2) is 19.6 Å². The highest BCUT2D eigenvalue weighted by Gasteiger charge is 2.15. The van der Waals surface area contributed by atoms with Crippen LogP contribution < -0.4 is 5.32 Å². The van der Waals surface area contributed by atoms with E-state index in [4.69, 9.17) is 4.74 Å². The van der Waals surface area contributed by atoms with Crippen molar-refractivity contribution in [2.24, 2.45) is 0 Å². The molecule has 0 bridgehead atoms. The Morgan fingerprint density at radius 2 is 2.32 bits per heavy atom. The Morgan fingerprint density at radius 3 is 2.84 bits per heavy atom. The van der Waals surface area contributed by atoms with Crippen LogP contribution in [0.5, 0.6) is 0 Å². The quantitative estimate of drug-likeness (QED) is 0.875. The van der Waals surface area contributed by atoms with E-state index in [9.17, 15) is 4.79 Å². The molecular weight excluding hydrogens is 346 g/mol. The molecule has 0 radical (unpaired) electrons. The summed E-state index contributed by atoms with van der Waals surface area (Å²) in [5.41, 5.74) is 0. The van der Waals surface area contributed by atoms with Gasteiger partial charge in [0.25, 0.3) is 5.91 Å². The van der Waals surface area contributed by atoms with Gasteiger partial charge in [-0.2, -0.15) is 0 Å². The second-order valence-electron chi connectivity index (χ2n) is 4.01. The number of carbonyl (C=O) groups excluding carboxylic acids is 1. The Kier molecular flexibility index (Phi) is 5.15. The van der Waals surface area contributed by atoms with Crippen molar-refractivity contribution in [3.63, 3.8) is 0 Å². The molecule has 19 heavy (non-hydrogen) atoms. The monoisotopic (exact) mass is 359 g/mol. The predicted molar refractivity (Wildman–Crippen MR) is 83.2 cm³/mol. The van der Waals surface area contributed by atoms with Crippen LogP contribution in [0.1, 0.15) is 25.5 Å². The van der Waals surface area contributed by atoms with E-state index in [0.717, 1.165) is 9.35 Å². The van der Waals surface area contributed by atoms with Gasteiger partial charge in [0, 0.05) is 33.3 Å².